The molecule has 0 aliphatic carbocycles. The summed E-state index contributed by atoms with van der Waals surface area (Å²) >= 11 is 10.7. The summed E-state index contributed by atoms with van der Waals surface area (Å²) < 4.78 is 35.6. The number of hydrogen-bond donors (Lipinski definition) is 3. The SMILES string of the molecule is CCCCCCCC(=O)O.CS(=O)(=O)c1ccc([C@@H](O)[C@@H](CF)NC(=O)C(Cl)Cl)cc1. The first kappa shape index (κ1) is 29.6. The van der Waals surface area contributed by atoms with E-state index in [1.54, 1.807) is 0 Å². The fourth-order valence-corrected chi connectivity index (χ4v) is 3.23. The number of aliphatic carboxylic acids is 1. The number of aliphatic hydroxyl groups excluding tert-OH is 1. The van der Waals surface area contributed by atoms with Crippen molar-refractivity contribution in [2.75, 3.05) is 12.9 Å². The lowest BCUT2D eigenvalue weighted by Crippen LogP contribution is -2.43. The van der Waals surface area contributed by atoms with E-state index in [-0.39, 0.29) is 10.5 Å². The molecule has 11 heteroatoms. The molecule has 0 aliphatic rings. The van der Waals surface area contributed by atoms with Crippen molar-refractivity contribution in [2.45, 2.75) is 67.3 Å². The van der Waals surface area contributed by atoms with Gasteiger partial charge in [-0.1, -0.05) is 67.9 Å². The van der Waals surface area contributed by atoms with E-state index in [2.05, 4.69) is 12.2 Å². The van der Waals surface area contributed by atoms with Crippen LogP contribution in [-0.2, 0) is 19.4 Å². The number of nitrogens with one attached hydrogen (secondary N) is 1. The van der Waals surface area contributed by atoms with Crippen LogP contribution in [0.25, 0.3) is 0 Å². The molecule has 1 aromatic carbocycles. The van der Waals surface area contributed by atoms with E-state index < -0.39 is 45.4 Å². The van der Waals surface area contributed by atoms with Gasteiger partial charge >= 0.3 is 5.97 Å². The molecule has 0 spiro atoms. The molecule has 178 valence electrons. The summed E-state index contributed by atoms with van der Waals surface area (Å²) in [6.45, 7) is 1.11. The van der Waals surface area contributed by atoms with Crippen LogP contribution >= 0.6 is 23.2 Å². The van der Waals surface area contributed by atoms with Crippen LogP contribution in [0, 0.1) is 0 Å². The summed E-state index contributed by atoms with van der Waals surface area (Å²) in [6.07, 6.45) is 5.57. The fourth-order valence-electron chi connectivity index (χ4n) is 2.47. The Morgan fingerprint density at radius 1 is 1.10 bits per heavy atom. The molecule has 1 aromatic rings. The smallest absolute Gasteiger partial charge is 0.303 e. The number of amides is 1. The fraction of sp³-hybridized carbons (Fsp3) is 0.600. The summed E-state index contributed by atoms with van der Waals surface area (Å²) in [4.78, 5) is 20.0. The second-order valence-electron chi connectivity index (χ2n) is 6.91. The second-order valence-corrected chi connectivity index (χ2v) is 10.0. The van der Waals surface area contributed by atoms with Crippen LogP contribution in [0.4, 0.5) is 4.39 Å². The second kappa shape index (κ2) is 15.4. The minimum atomic E-state index is -3.36. The Morgan fingerprint density at radius 3 is 2.06 bits per heavy atom. The van der Waals surface area contributed by atoms with E-state index in [4.69, 9.17) is 28.3 Å². The van der Waals surface area contributed by atoms with Gasteiger partial charge in [-0.25, -0.2) is 12.8 Å². The van der Waals surface area contributed by atoms with Gasteiger partial charge in [0.25, 0.3) is 5.91 Å². The molecule has 0 bridgehead atoms. The monoisotopic (exact) mass is 501 g/mol. The van der Waals surface area contributed by atoms with Crippen molar-refractivity contribution in [1.82, 2.24) is 5.32 Å². The largest absolute Gasteiger partial charge is 0.481 e. The molecule has 0 unspecified atom stereocenters. The Kier molecular flexibility index (Phi) is 14.7. The summed E-state index contributed by atoms with van der Waals surface area (Å²) in [7, 11) is -3.36. The average Bonchev–Trinajstić information content (AvgIpc) is 2.70. The number of rotatable bonds is 12. The highest BCUT2D eigenvalue weighted by Crippen LogP contribution is 2.20. The molecule has 0 fully saturated rings. The van der Waals surface area contributed by atoms with E-state index in [9.17, 15) is 27.5 Å². The van der Waals surface area contributed by atoms with Crippen molar-refractivity contribution in [2.24, 2.45) is 0 Å². The number of alkyl halides is 3. The first-order chi connectivity index (χ1) is 14.4. The Bertz CT molecular complexity index is 774. The molecular weight excluding hydrogens is 472 g/mol. The number of carboxylic acids is 1. The van der Waals surface area contributed by atoms with Gasteiger partial charge in [-0.15, -0.1) is 0 Å². The molecule has 0 radical (unpaired) electrons. The molecule has 0 saturated carbocycles. The molecule has 3 N–H and O–H groups in total. The molecule has 2 atom stereocenters. The third-order valence-corrected chi connectivity index (χ3v) is 5.74. The minimum Gasteiger partial charge on any atom is -0.481 e. The van der Waals surface area contributed by atoms with Crippen LogP contribution in [0.5, 0.6) is 0 Å². The molecule has 0 saturated heterocycles. The number of carbonyl (C=O) groups excluding carboxylic acids is 1. The molecular formula is C20H30Cl2FNO6S. The quantitative estimate of drug-likeness (QED) is 0.295. The summed E-state index contributed by atoms with van der Waals surface area (Å²) in [5.41, 5.74) is 0.256. The van der Waals surface area contributed by atoms with Gasteiger partial charge in [0.15, 0.2) is 14.7 Å². The van der Waals surface area contributed by atoms with Crippen LogP contribution in [-0.4, -0.2) is 54.3 Å². The van der Waals surface area contributed by atoms with Crippen molar-refractivity contribution in [3.8, 4) is 0 Å². The van der Waals surface area contributed by atoms with Gasteiger partial charge in [-0.2, -0.15) is 0 Å². The number of benzene rings is 1. The van der Waals surface area contributed by atoms with Gasteiger partial charge in [0, 0.05) is 12.7 Å². The summed E-state index contributed by atoms with van der Waals surface area (Å²) in [5.74, 6) is -1.50. The third-order valence-electron chi connectivity index (χ3n) is 4.22. The average molecular weight is 502 g/mol. The van der Waals surface area contributed by atoms with Crippen LogP contribution in [0.2, 0.25) is 0 Å². The number of unbranched alkanes of at least 4 members (excludes halogenated alkanes) is 4. The Balaban J connectivity index is 0.000000759. The first-order valence-electron chi connectivity index (χ1n) is 9.78. The first-order valence-corrected chi connectivity index (χ1v) is 12.5. The third kappa shape index (κ3) is 12.9. The predicted octanol–water partition coefficient (Wildman–Crippen LogP) is 3.81. The number of aliphatic hydroxyl groups is 1. The molecule has 1 rings (SSSR count). The van der Waals surface area contributed by atoms with Crippen molar-refractivity contribution < 1.29 is 32.6 Å². The zero-order chi connectivity index (χ0) is 24.0. The molecule has 0 aromatic heterocycles. The van der Waals surface area contributed by atoms with E-state index in [1.807, 2.05) is 0 Å². The number of carbonyl (C=O) groups is 2. The minimum absolute atomic E-state index is 0.0702. The standard InChI is InChI=1S/C12H14Cl2FNO4S.C8H16O2/c1-21(19,20)8-4-2-7(3-5-8)10(17)9(6-15)16-12(18)11(13)14;1-2-3-4-5-6-7-8(9)10/h2-5,9-11,17H,6H2,1H3,(H,16,18);2-7H2,1H3,(H,9,10)/t9-,10-;/m1./s1. The van der Waals surface area contributed by atoms with Crippen LogP contribution in [0.1, 0.15) is 57.1 Å². The van der Waals surface area contributed by atoms with Crippen LogP contribution in [0.15, 0.2) is 29.2 Å². The van der Waals surface area contributed by atoms with Crippen molar-refractivity contribution in [3.05, 3.63) is 29.8 Å². The number of hydrogen-bond acceptors (Lipinski definition) is 5. The van der Waals surface area contributed by atoms with Crippen molar-refractivity contribution >= 4 is 44.9 Å². The van der Waals surface area contributed by atoms with Crippen LogP contribution < -0.4 is 5.32 Å². The van der Waals surface area contributed by atoms with Gasteiger partial charge in [0.2, 0.25) is 0 Å². The lowest BCUT2D eigenvalue weighted by Gasteiger charge is -2.22. The highest BCUT2D eigenvalue weighted by Gasteiger charge is 2.25. The summed E-state index contributed by atoms with van der Waals surface area (Å²) in [6, 6.07) is 4.03. The van der Waals surface area contributed by atoms with E-state index >= 15 is 0 Å². The Labute approximate surface area is 192 Å². The number of sulfone groups is 1. The highest BCUT2D eigenvalue weighted by molar-refractivity contribution is 7.90. The molecule has 31 heavy (non-hydrogen) atoms. The lowest BCUT2D eigenvalue weighted by molar-refractivity contribution is -0.137. The zero-order valence-electron chi connectivity index (χ0n) is 17.6. The van der Waals surface area contributed by atoms with Gasteiger partial charge in [0.05, 0.1) is 10.9 Å². The van der Waals surface area contributed by atoms with Gasteiger partial charge in [-0.3, -0.25) is 9.59 Å². The molecule has 0 aliphatic heterocycles. The molecule has 0 heterocycles. The normalized spacial score (nSPS) is 13.1. The zero-order valence-corrected chi connectivity index (χ0v) is 19.9. The summed E-state index contributed by atoms with van der Waals surface area (Å²) in [5, 5.41) is 20.4. The van der Waals surface area contributed by atoms with Gasteiger partial charge < -0.3 is 15.5 Å². The van der Waals surface area contributed by atoms with E-state index in [0.717, 1.165) is 19.1 Å². The Hall–Kier alpha value is -1.42. The highest BCUT2D eigenvalue weighted by atomic mass is 35.5. The van der Waals surface area contributed by atoms with Gasteiger partial charge in [-0.05, 0) is 24.1 Å². The van der Waals surface area contributed by atoms with Crippen molar-refractivity contribution in [1.29, 1.82) is 0 Å². The van der Waals surface area contributed by atoms with Crippen LogP contribution in [0.3, 0.4) is 0 Å². The van der Waals surface area contributed by atoms with Gasteiger partial charge in [0.1, 0.15) is 12.8 Å². The predicted molar refractivity (Wildman–Crippen MR) is 119 cm³/mol. The lowest BCUT2D eigenvalue weighted by atomic mass is 10.0. The number of halogens is 3. The number of carboxylic acid groups (broad SMARTS) is 1. The van der Waals surface area contributed by atoms with Crippen molar-refractivity contribution in [3.63, 3.8) is 0 Å². The molecule has 1 amide bonds. The maximum atomic E-state index is 12.9. The Morgan fingerprint density at radius 2 is 1.65 bits per heavy atom. The maximum absolute atomic E-state index is 12.9. The maximum Gasteiger partial charge on any atom is 0.303 e. The topological polar surface area (TPSA) is 121 Å². The molecule has 7 nitrogen and oxygen atoms in total. The van der Waals surface area contributed by atoms with E-state index in [0.29, 0.717) is 6.42 Å². The van der Waals surface area contributed by atoms with E-state index in [1.165, 1.54) is 43.5 Å².